The number of halogens is 1. The minimum Gasteiger partial charge on any atom is -0.381 e. The Morgan fingerprint density at radius 2 is 2.04 bits per heavy atom. The van der Waals surface area contributed by atoms with Crippen molar-refractivity contribution in [2.45, 2.75) is 26.2 Å². The van der Waals surface area contributed by atoms with Gasteiger partial charge in [-0.1, -0.05) is 42.5 Å². The maximum atomic E-state index is 5.66. The molecule has 2 heterocycles. The zero-order valence-electron chi connectivity index (χ0n) is 16.1. The molecule has 146 valence electrons. The summed E-state index contributed by atoms with van der Waals surface area (Å²) in [5.41, 5.74) is 1.75. The second-order valence-electron chi connectivity index (χ2n) is 7.60. The topological polar surface area (TPSA) is 36.9 Å². The van der Waals surface area contributed by atoms with E-state index in [1.54, 1.807) is 0 Å². The molecule has 27 heavy (non-hydrogen) atoms. The Hall–Kier alpha value is -1.34. The van der Waals surface area contributed by atoms with Crippen molar-refractivity contribution in [3.63, 3.8) is 0 Å². The van der Waals surface area contributed by atoms with Gasteiger partial charge in [-0.05, 0) is 42.5 Å². The molecule has 1 N–H and O–H groups in total. The van der Waals surface area contributed by atoms with E-state index >= 15 is 0 Å². The number of aliphatic imine (C=N–C) groups is 1. The summed E-state index contributed by atoms with van der Waals surface area (Å²) < 4.78 is 5.66. The summed E-state index contributed by atoms with van der Waals surface area (Å²) in [5, 5.41) is 6.14. The van der Waals surface area contributed by atoms with Crippen LogP contribution in [0.1, 0.15) is 25.3 Å². The average Bonchev–Trinajstić information content (AvgIpc) is 3.31. The standard InChI is InChI=1S/C22H29N3O.HI/c1-2-23-21(25-14-11-22(16-25)12-15-26-17-22)24-13-10-19-8-5-7-18-6-3-4-9-20(18)19;/h3-9H,2,10-17H2,1H3,(H,23,24);1H. The summed E-state index contributed by atoms with van der Waals surface area (Å²) in [6.07, 6.45) is 3.39. The van der Waals surface area contributed by atoms with Crippen LogP contribution in [-0.4, -0.2) is 50.3 Å². The fraction of sp³-hybridized carbons (Fsp3) is 0.500. The highest BCUT2D eigenvalue weighted by atomic mass is 127. The smallest absolute Gasteiger partial charge is 0.193 e. The van der Waals surface area contributed by atoms with Gasteiger partial charge >= 0.3 is 0 Å². The van der Waals surface area contributed by atoms with E-state index in [9.17, 15) is 0 Å². The number of hydrogen-bond acceptors (Lipinski definition) is 2. The predicted octanol–water partition coefficient (Wildman–Crippen LogP) is 4.08. The number of hydrogen-bond donors (Lipinski definition) is 1. The first kappa shape index (κ1) is 20.4. The Bertz CT molecular complexity index is 781. The molecule has 0 bridgehead atoms. The monoisotopic (exact) mass is 479 g/mol. The second kappa shape index (κ2) is 9.24. The third-order valence-electron chi connectivity index (χ3n) is 5.78. The zero-order valence-corrected chi connectivity index (χ0v) is 18.4. The molecule has 2 aliphatic heterocycles. The van der Waals surface area contributed by atoms with Crippen LogP contribution in [0, 0.1) is 5.41 Å². The molecule has 1 spiro atoms. The van der Waals surface area contributed by atoms with E-state index in [0.29, 0.717) is 5.41 Å². The van der Waals surface area contributed by atoms with Gasteiger partial charge in [-0.25, -0.2) is 0 Å². The van der Waals surface area contributed by atoms with Crippen LogP contribution >= 0.6 is 24.0 Å². The summed E-state index contributed by atoms with van der Waals surface area (Å²) in [4.78, 5) is 7.37. The highest BCUT2D eigenvalue weighted by Gasteiger charge is 2.42. The molecule has 0 saturated carbocycles. The van der Waals surface area contributed by atoms with Gasteiger partial charge in [0.05, 0.1) is 6.61 Å². The number of rotatable bonds is 4. The highest BCUT2D eigenvalue weighted by molar-refractivity contribution is 14.0. The van der Waals surface area contributed by atoms with Crippen molar-refractivity contribution in [1.29, 1.82) is 0 Å². The van der Waals surface area contributed by atoms with Gasteiger partial charge in [0.2, 0.25) is 0 Å². The Labute approximate surface area is 179 Å². The molecule has 2 aliphatic rings. The number of benzene rings is 2. The molecular formula is C22H30IN3O. The first-order valence-electron chi connectivity index (χ1n) is 9.87. The SMILES string of the molecule is CCNC(=NCCc1cccc2ccccc12)N1CCC2(CCOC2)C1.I. The molecule has 0 aliphatic carbocycles. The molecule has 1 atom stereocenters. The molecule has 2 fully saturated rings. The minimum absolute atomic E-state index is 0. The van der Waals surface area contributed by atoms with Gasteiger partial charge in [-0.3, -0.25) is 4.99 Å². The molecule has 2 aromatic carbocycles. The number of nitrogens with zero attached hydrogens (tertiary/aromatic N) is 2. The number of likely N-dealkylation sites (tertiary alicyclic amines) is 1. The first-order valence-corrected chi connectivity index (χ1v) is 9.87. The highest BCUT2D eigenvalue weighted by Crippen LogP contribution is 2.38. The third-order valence-corrected chi connectivity index (χ3v) is 5.78. The molecule has 1 unspecified atom stereocenters. The quantitative estimate of drug-likeness (QED) is 0.408. The van der Waals surface area contributed by atoms with Crippen LogP contribution in [0.4, 0.5) is 0 Å². The Morgan fingerprint density at radius 1 is 1.19 bits per heavy atom. The number of ether oxygens (including phenoxy) is 1. The predicted molar refractivity (Wildman–Crippen MR) is 123 cm³/mol. The maximum absolute atomic E-state index is 5.66. The van der Waals surface area contributed by atoms with Crippen molar-refractivity contribution in [3.05, 3.63) is 48.0 Å². The largest absolute Gasteiger partial charge is 0.381 e. The summed E-state index contributed by atoms with van der Waals surface area (Å²) in [6.45, 7) is 7.87. The molecular weight excluding hydrogens is 449 g/mol. The lowest BCUT2D eigenvalue weighted by Gasteiger charge is -2.25. The number of guanidine groups is 1. The van der Waals surface area contributed by atoms with Crippen LogP contribution in [-0.2, 0) is 11.2 Å². The second-order valence-corrected chi connectivity index (χ2v) is 7.60. The normalized spacial score (nSPS) is 22.4. The Kier molecular flexibility index (Phi) is 6.98. The van der Waals surface area contributed by atoms with Gasteiger partial charge in [0.25, 0.3) is 0 Å². The fourth-order valence-corrected chi connectivity index (χ4v) is 4.31. The van der Waals surface area contributed by atoms with E-state index in [1.807, 2.05) is 0 Å². The Balaban J connectivity index is 0.00000210. The average molecular weight is 479 g/mol. The molecule has 5 heteroatoms. The van der Waals surface area contributed by atoms with E-state index in [-0.39, 0.29) is 24.0 Å². The van der Waals surface area contributed by atoms with Gasteiger partial charge in [-0.15, -0.1) is 24.0 Å². The lowest BCUT2D eigenvalue weighted by molar-refractivity contribution is 0.156. The molecule has 0 amide bonds. The molecule has 2 saturated heterocycles. The van der Waals surface area contributed by atoms with E-state index in [0.717, 1.165) is 51.8 Å². The lowest BCUT2D eigenvalue weighted by Crippen LogP contribution is -2.41. The summed E-state index contributed by atoms with van der Waals surface area (Å²) in [6, 6.07) is 15.2. The molecule has 0 radical (unpaired) electrons. The van der Waals surface area contributed by atoms with E-state index in [4.69, 9.17) is 9.73 Å². The number of nitrogens with one attached hydrogen (secondary N) is 1. The van der Waals surface area contributed by atoms with Gasteiger partial charge < -0.3 is 15.0 Å². The summed E-state index contributed by atoms with van der Waals surface area (Å²) >= 11 is 0. The number of fused-ring (bicyclic) bond motifs is 1. The fourth-order valence-electron chi connectivity index (χ4n) is 4.31. The van der Waals surface area contributed by atoms with Crippen LogP contribution in [0.5, 0.6) is 0 Å². The minimum atomic E-state index is 0. The van der Waals surface area contributed by atoms with Crippen LogP contribution < -0.4 is 5.32 Å². The van der Waals surface area contributed by atoms with Gasteiger partial charge in [0, 0.05) is 38.2 Å². The van der Waals surface area contributed by atoms with Crippen molar-refractivity contribution in [3.8, 4) is 0 Å². The van der Waals surface area contributed by atoms with Crippen molar-refractivity contribution in [1.82, 2.24) is 10.2 Å². The zero-order chi connectivity index (χ0) is 17.8. The third kappa shape index (κ3) is 4.57. The molecule has 0 aromatic heterocycles. The van der Waals surface area contributed by atoms with Crippen LogP contribution in [0.3, 0.4) is 0 Å². The lowest BCUT2D eigenvalue weighted by atomic mass is 9.87. The van der Waals surface area contributed by atoms with Gasteiger partial charge in [-0.2, -0.15) is 0 Å². The van der Waals surface area contributed by atoms with E-state index in [1.165, 1.54) is 29.2 Å². The molecule has 2 aromatic rings. The molecule has 4 nitrogen and oxygen atoms in total. The van der Waals surface area contributed by atoms with Crippen molar-refractivity contribution < 1.29 is 4.74 Å². The van der Waals surface area contributed by atoms with Crippen LogP contribution in [0.15, 0.2) is 47.5 Å². The van der Waals surface area contributed by atoms with Crippen molar-refractivity contribution >= 4 is 40.7 Å². The maximum Gasteiger partial charge on any atom is 0.193 e. The van der Waals surface area contributed by atoms with E-state index in [2.05, 4.69) is 59.6 Å². The summed E-state index contributed by atoms with van der Waals surface area (Å²) in [7, 11) is 0. The first-order chi connectivity index (χ1) is 12.8. The van der Waals surface area contributed by atoms with Crippen molar-refractivity contribution in [2.24, 2.45) is 10.4 Å². The summed E-state index contributed by atoms with van der Waals surface area (Å²) in [5.74, 6) is 1.07. The van der Waals surface area contributed by atoms with Crippen LogP contribution in [0.25, 0.3) is 10.8 Å². The van der Waals surface area contributed by atoms with E-state index < -0.39 is 0 Å². The van der Waals surface area contributed by atoms with Crippen LogP contribution in [0.2, 0.25) is 0 Å². The van der Waals surface area contributed by atoms with Gasteiger partial charge in [0.1, 0.15) is 0 Å². The Morgan fingerprint density at radius 3 is 2.85 bits per heavy atom. The van der Waals surface area contributed by atoms with Gasteiger partial charge in [0.15, 0.2) is 5.96 Å². The molecule has 4 rings (SSSR count). The van der Waals surface area contributed by atoms with Crippen molar-refractivity contribution in [2.75, 3.05) is 39.4 Å².